The molecule has 3 atom stereocenters. The topological polar surface area (TPSA) is 9.23 Å². The summed E-state index contributed by atoms with van der Waals surface area (Å²) in [6.45, 7) is 4.47. The van der Waals surface area contributed by atoms with Gasteiger partial charge in [-0.3, -0.25) is 0 Å². The molecular weight excluding hydrogens is 124 g/mol. The van der Waals surface area contributed by atoms with Crippen LogP contribution in [0, 0.1) is 17.8 Å². The molecule has 1 unspecified atom stereocenters. The van der Waals surface area contributed by atoms with Crippen molar-refractivity contribution in [2.75, 3.05) is 13.2 Å². The summed E-state index contributed by atoms with van der Waals surface area (Å²) >= 11 is 0. The van der Waals surface area contributed by atoms with Crippen LogP contribution in [0.3, 0.4) is 0 Å². The summed E-state index contributed by atoms with van der Waals surface area (Å²) in [5.74, 6) is 2.81. The lowest BCUT2D eigenvalue weighted by molar-refractivity contribution is 0.180. The number of hydrogen-bond donors (Lipinski definition) is 0. The summed E-state index contributed by atoms with van der Waals surface area (Å²) in [5.41, 5.74) is 0. The van der Waals surface area contributed by atoms with E-state index in [1.807, 2.05) is 0 Å². The minimum atomic E-state index is 0.920. The Morgan fingerprint density at radius 2 is 1.90 bits per heavy atom. The van der Waals surface area contributed by atoms with Crippen molar-refractivity contribution in [1.29, 1.82) is 0 Å². The molecule has 1 saturated heterocycles. The molecule has 10 heavy (non-hydrogen) atoms. The maximum atomic E-state index is 5.44. The van der Waals surface area contributed by atoms with Crippen molar-refractivity contribution in [2.45, 2.75) is 26.2 Å². The van der Waals surface area contributed by atoms with E-state index >= 15 is 0 Å². The zero-order valence-electron chi connectivity index (χ0n) is 6.68. The van der Waals surface area contributed by atoms with Crippen LogP contribution in [0.25, 0.3) is 0 Å². The van der Waals surface area contributed by atoms with E-state index in [2.05, 4.69) is 6.92 Å². The first-order valence-corrected chi connectivity index (χ1v) is 4.44. The molecule has 1 heteroatoms. The third kappa shape index (κ3) is 1.07. The highest BCUT2D eigenvalue weighted by Crippen LogP contribution is 2.37. The molecule has 1 heterocycles. The molecule has 0 aromatic carbocycles. The van der Waals surface area contributed by atoms with Crippen molar-refractivity contribution in [3.8, 4) is 0 Å². The quantitative estimate of drug-likeness (QED) is 0.500. The molecule has 0 radical (unpaired) electrons. The summed E-state index contributed by atoms with van der Waals surface area (Å²) in [6.07, 6.45) is 4.28. The second kappa shape index (κ2) is 2.54. The zero-order chi connectivity index (χ0) is 6.97. The fourth-order valence-corrected chi connectivity index (χ4v) is 2.36. The molecule has 1 nitrogen and oxygen atoms in total. The van der Waals surface area contributed by atoms with Crippen LogP contribution in [-0.4, -0.2) is 13.2 Å². The van der Waals surface area contributed by atoms with E-state index in [0.29, 0.717) is 0 Å². The molecule has 0 amide bonds. The average Bonchev–Trinajstić information content (AvgIpc) is 2.33. The largest absolute Gasteiger partial charge is 0.381 e. The highest BCUT2D eigenvalue weighted by atomic mass is 16.5. The number of hydrogen-bond acceptors (Lipinski definition) is 1. The minimum absolute atomic E-state index is 0.920. The summed E-state index contributed by atoms with van der Waals surface area (Å²) < 4.78 is 5.44. The predicted octanol–water partition coefficient (Wildman–Crippen LogP) is 2.07. The van der Waals surface area contributed by atoms with Crippen LogP contribution in [-0.2, 0) is 4.74 Å². The van der Waals surface area contributed by atoms with Gasteiger partial charge in [0.25, 0.3) is 0 Å². The van der Waals surface area contributed by atoms with Gasteiger partial charge in [-0.25, -0.2) is 0 Å². The van der Waals surface area contributed by atoms with Crippen LogP contribution in [0.1, 0.15) is 26.2 Å². The van der Waals surface area contributed by atoms with Crippen molar-refractivity contribution in [2.24, 2.45) is 17.8 Å². The van der Waals surface area contributed by atoms with Gasteiger partial charge >= 0.3 is 0 Å². The summed E-state index contributed by atoms with van der Waals surface area (Å²) in [6, 6.07) is 0. The molecule has 0 spiro atoms. The maximum Gasteiger partial charge on any atom is 0.0498 e. The van der Waals surface area contributed by atoms with Gasteiger partial charge in [-0.05, 0) is 30.6 Å². The van der Waals surface area contributed by atoms with Crippen LogP contribution in [0.15, 0.2) is 0 Å². The average molecular weight is 140 g/mol. The third-order valence-corrected chi connectivity index (χ3v) is 3.07. The van der Waals surface area contributed by atoms with Gasteiger partial charge in [0.2, 0.25) is 0 Å². The first kappa shape index (κ1) is 6.66. The molecular formula is C9H16O. The molecule has 0 aromatic rings. The van der Waals surface area contributed by atoms with Gasteiger partial charge < -0.3 is 4.74 Å². The van der Waals surface area contributed by atoms with Crippen molar-refractivity contribution in [1.82, 2.24) is 0 Å². The smallest absolute Gasteiger partial charge is 0.0498 e. The molecule has 2 aliphatic rings. The van der Waals surface area contributed by atoms with E-state index in [9.17, 15) is 0 Å². The Labute approximate surface area is 62.8 Å². The van der Waals surface area contributed by atoms with Gasteiger partial charge in [-0.2, -0.15) is 0 Å². The molecule has 1 aliphatic heterocycles. The summed E-state index contributed by atoms with van der Waals surface area (Å²) in [5, 5.41) is 0. The van der Waals surface area contributed by atoms with Crippen LogP contribution in [0.4, 0.5) is 0 Å². The Hall–Kier alpha value is -0.0400. The molecule has 1 aliphatic carbocycles. The van der Waals surface area contributed by atoms with E-state index in [0.717, 1.165) is 31.0 Å². The number of fused-ring (bicyclic) bond motifs is 1. The van der Waals surface area contributed by atoms with Crippen LogP contribution in [0.2, 0.25) is 0 Å². The Morgan fingerprint density at radius 1 is 1.10 bits per heavy atom. The van der Waals surface area contributed by atoms with Gasteiger partial charge in [-0.1, -0.05) is 13.3 Å². The third-order valence-electron chi connectivity index (χ3n) is 3.07. The van der Waals surface area contributed by atoms with Crippen LogP contribution < -0.4 is 0 Å². The fourth-order valence-electron chi connectivity index (χ4n) is 2.36. The first-order chi connectivity index (χ1) is 4.86. The second-order valence-electron chi connectivity index (χ2n) is 3.98. The van der Waals surface area contributed by atoms with Gasteiger partial charge in [0.05, 0.1) is 0 Å². The number of ether oxygens (including phenoxy) is 1. The summed E-state index contributed by atoms with van der Waals surface area (Å²) in [4.78, 5) is 0. The normalized spacial score (nSPS) is 47.1. The molecule has 1 saturated carbocycles. The highest BCUT2D eigenvalue weighted by molar-refractivity contribution is 4.81. The molecule has 0 aromatic heterocycles. The minimum Gasteiger partial charge on any atom is -0.381 e. The van der Waals surface area contributed by atoms with Crippen molar-refractivity contribution >= 4 is 0 Å². The SMILES string of the molecule is CC1CC[C@H]2COC[C@H]2C1. The Morgan fingerprint density at radius 3 is 2.80 bits per heavy atom. The lowest BCUT2D eigenvalue weighted by Crippen LogP contribution is -2.21. The number of rotatable bonds is 0. The van der Waals surface area contributed by atoms with Gasteiger partial charge in [0.1, 0.15) is 0 Å². The van der Waals surface area contributed by atoms with E-state index in [1.165, 1.54) is 19.3 Å². The lowest BCUT2D eigenvalue weighted by Gasteiger charge is -2.27. The molecule has 0 bridgehead atoms. The molecule has 2 fully saturated rings. The summed E-state index contributed by atoms with van der Waals surface area (Å²) in [7, 11) is 0. The Balaban J connectivity index is 1.96. The van der Waals surface area contributed by atoms with E-state index in [4.69, 9.17) is 4.74 Å². The monoisotopic (exact) mass is 140 g/mol. The highest BCUT2D eigenvalue weighted by Gasteiger charge is 2.32. The van der Waals surface area contributed by atoms with Gasteiger partial charge in [0, 0.05) is 13.2 Å². The van der Waals surface area contributed by atoms with E-state index < -0.39 is 0 Å². The standard InChI is InChI=1S/C9H16O/c1-7-2-3-8-5-10-6-9(8)4-7/h7-9H,2-6H2,1H3/t7?,8-,9+/m0/s1. The van der Waals surface area contributed by atoms with Gasteiger partial charge in [0.15, 0.2) is 0 Å². The van der Waals surface area contributed by atoms with Crippen molar-refractivity contribution in [3.05, 3.63) is 0 Å². The van der Waals surface area contributed by atoms with Crippen molar-refractivity contribution in [3.63, 3.8) is 0 Å². The van der Waals surface area contributed by atoms with Crippen molar-refractivity contribution < 1.29 is 4.74 Å². The predicted molar refractivity (Wildman–Crippen MR) is 40.8 cm³/mol. The lowest BCUT2D eigenvalue weighted by atomic mass is 9.77. The van der Waals surface area contributed by atoms with Crippen LogP contribution >= 0.6 is 0 Å². The zero-order valence-corrected chi connectivity index (χ0v) is 6.68. The van der Waals surface area contributed by atoms with Crippen LogP contribution in [0.5, 0.6) is 0 Å². The Kier molecular flexibility index (Phi) is 1.69. The molecule has 58 valence electrons. The first-order valence-electron chi connectivity index (χ1n) is 4.44. The van der Waals surface area contributed by atoms with E-state index in [1.54, 1.807) is 0 Å². The Bertz CT molecular complexity index is 122. The molecule has 2 rings (SSSR count). The maximum absolute atomic E-state index is 5.44. The molecule has 0 N–H and O–H groups in total. The van der Waals surface area contributed by atoms with Gasteiger partial charge in [-0.15, -0.1) is 0 Å². The van der Waals surface area contributed by atoms with E-state index in [-0.39, 0.29) is 0 Å². The fraction of sp³-hybridized carbons (Fsp3) is 1.00. The second-order valence-corrected chi connectivity index (χ2v) is 3.98.